The lowest BCUT2D eigenvalue weighted by atomic mass is 10.3. The van der Waals surface area contributed by atoms with Crippen LogP contribution >= 0.6 is 0 Å². The molecule has 1 amide bonds. The predicted molar refractivity (Wildman–Crippen MR) is 91.1 cm³/mol. The summed E-state index contributed by atoms with van der Waals surface area (Å²) >= 11 is 0. The van der Waals surface area contributed by atoms with E-state index < -0.39 is 19.9 Å². The van der Waals surface area contributed by atoms with Gasteiger partial charge in [0.2, 0.25) is 5.91 Å². The van der Waals surface area contributed by atoms with Gasteiger partial charge in [-0.25, -0.2) is 16.8 Å². The summed E-state index contributed by atoms with van der Waals surface area (Å²) < 4.78 is 49.8. The van der Waals surface area contributed by atoms with E-state index in [9.17, 15) is 21.6 Å². The number of nitrogens with one attached hydrogen (secondary N) is 2. The Morgan fingerprint density at radius 3 is 1.71 bits per heavy atom. The Hall–Kier alpha value is -2.39. The normalized spacial score (nSPS) is 11.8. The van der Waals surface area contributed by atoms with Crippen LogP contribution < -0.4 is 10.0 Å². The number of benzene rings is 2. The van der Waals surface area contributed by atoms with Crippen molar-refractivity contribution in [1.82, 2.24) is 0 Å². The molecule has 0 aliphatic carbocycles. The Labute approximate surface area is 140 Å². The van der Waals surface area contributed by atoms with Crippen LogP contribution in [-0.2, 0) is 24.7 Å². The summed E-state index contributed by atoms with van der Waals surface area (Å²) in [5.41, 5.74) is 0.860. The topological polar surface area (TPSA) is 109 Å². The van der Waals surface area contributed by atoms with E-state index in [0.29, 0.717) is 11.4 Å². The van der Waals surface area contributed by atoms with Gasteiger partial charge in [0.25, 0.3) is 10.0 Å². The van der Waals surface area contributed by atoms with E-state index in [1.54, 1.807) is 12.1 Å². The molecule has 128 valence electrons. The number of anilines is 2. The molecule has 2 rings (SSSR count). The summed E-state index contributed by atoms with van der Waals surface area (Å²) in [7, 11) is -7.23. The molecule has 0 radical (unpaired) electrons. The maximum atomic E-state index is 12.3. The van der Waals surface area contributed by atoms with Crippen LogP contribution in [0.4, 0.5) is 11.4 Å². The van der Waals surface area contributed by atoms with Crippen LogP contribution in [0.3, 0.4) is 0 Å². The molecule has 2 N–H and O–H groups in total. The fraction of sp³-hybridized carbons (Fsp3) is 0.133. The largest absolute Gasteiger partial charge is 0.326 e. The third-order valence-corrected chi connectivity index (χ3v) is 5.55. The Balaban J connectivity index is 2.20. The Bertz CT molecular complexity index is 948. The molecule has 0 saturated carbocycles. The minimum atomic E-state index is -3.84. The molecule has 0 atom stereocenters. The van der Waals surface area contributed by atoms with Gasteiger partial charge in [0.1, 0.15) is 0 Å². The van der Waals surface area contributed by atoms with Gasteiger partial charge < -0.3 is 5.32 Å². The standard InChI is InChI=1S/C15H16N2O5S2/c1-11(18)16-12-3-5-13(6-4-12)17-24(21,22)15-9-7-14(8-10-15)23(2,19)20/h3-10,17H,1-2H3,(H,16,18). The highest BCUT2D eigenvalue weighted by atomic mass is 32.2. The first kappa shape index (κ1) is 18.0. The van der Waals surface area contributed by atoms with Crippen LogP contribution in [0.2, 0.25) is 0 Å². The van der Waals surface area contributed by atoms with Crippen molar-refractivity contribution < 1.29 is 21.6 Å². The quantitative estimate of drug-likeness (QED) is 0.837. The molecule has 0 aliphatic rings. The van der Waals surface area contributed by atoms with Crippen LogP contribution in [0.25, 0.3) is 0 Å². The van der Waals surface area contributed by atoms with E-state index in [-0.39, 0.29) is 15.7 Å². The van der Waals surface area contributed by atoms with E-state index in [0.717, 1.165) is 6.26 Å². The summed E-state index contributed by atoms with van der Waals surface area (Å²) in [5.74, 6) is -0.228. The predicted octanol–water partition coefficient (Wildman–Crippen LogP) is 1.85. The molecule has 0 aliphatic heterocycles. The van der Waals surface area contributed by atoms with E-state index in [1.165, 1.54) is 43.3 Å². The van der Waals surface area contributed by atoms with E-state index >= 15 is 0 Å². The highest BCUT2D eigenvalue weighted by Gasteiger charge is 2.15. The third-order valence-electron chi connectivity index (χ3n) is 3.02. The van der Waals surface area contributed by atoms with E-state index in [2.05, 4.69) is 10.0 Å². The lowest BCUT2D eigenvalue weighted by Gasteiger charge is -2.09. The SMILES string of the molecule is CC(=O)Nc1ccc(NS(=O)(=O)c2ccc(S(C)(=O)=O)cc2)cc1. The highest BCUT2D eigenvalue weighted by molar-refractivity contribution is 7.92. The molecule has 0 aromatic heterocycles. The van der Waals surface area contributed by atoms with Gasteiger partial charge in [0.05, 0.1) is 9.79 Å². The lowest BCUT2D eigenvalue weighted by molar-refractivity contribution is -0.114. The molecule has 2 aromatic carbocycles. The monoisotopic (exact) mass is 368 g/mol. The Kier molecular flexibility index (Phi) is 4.95. The summed E-state index contributed by atoms with van der Waals surface area (Å²) in [6, 6.07) is 11.1. The zero-order chi connectivity index (χ0) is 18.0. The van der Waals surface area contributed by atoms with Crippen molar-refractivity contribution in [3.8, 4) is 0 Å². The van der Waals surface area contributed by atoms with Gasteiger partial charge in [-0.1, -0.05) is 0 Å². The third kappa shape index (κ3) is 4.56. The number of hydrogen-bond acceptors (Lipinski definition) is 5. The molecule has 24 heavy (non-hydrogen) atoms. The summed E-state index contributed by atoms with van der Waals surface area (Å²) in [6.45, 7) is 1.37. The summed E-state index contributed by atoms with van der Waals surface area (Å²) in [6.07, 6.45) is 1.05. The van der Waals surface area contributed by atoms with Crippen molar-refractivity contribution in [2.24, 2.45) is 0 Å². The minimum Gasteiger partial charge on any atom is -0.326 e. The second-order valence-corrected chi connectivity index (χ2v) is 8.81. The van der Waals surface area contributed by atoms with Crippen molar-refractivity contribution in [2.75, 3.05) is 16.3 Å². The molecule has 0 heterocycles. The fourth-order valence-corrected chi connectivity index (χ4v) is 3.59. The van der Waals surface area contributed by atoms with Crippen molar-refractivity contribution in [3.05, 3.63) is 48.5 Å². The maximum absolute atomic E-state index is 12.3. The minimum absolute atomic E-state index is 0.0427. The second-order valence-electron chi connectivity index (χ2n) is 5.11. The lowest BCUT2D eigenvalue weighted by Crippen LogP contribution is -2.13. The van der Waals surface area contributed by atoms with Crippen LogP contribution in [-0.4, -0.2) is 29.0 Å². The molecule has 0 unspecified atom stereocenters. The molecule has 0 saturated heterocycles. The van der Waals surface area contributed by atoms with Crippen LogP contribution in [0.1, 0.15) is 6.92 Å². The number of hydrogen-bond donors (Lipinski definition) is 2. The van der Waals surface area contributed by atoms with Gasteiger partial charge in [-0.3, -0.25) is 9.52 Å². The van der Waals surface area contributed by atoms with E-state index in [4.69, 9.17) is 0 Å². The number of amides is 1. The van der Waals surface area contributed by atoms with Crippen LogP contribution in [0, 0.1) is 0 Å². The van der Waals surface area contributed by atoms with Gasteiger partial charge in [-0.2, -0.15) is 0 Å². The molecular formula is C15H16N2O5S2. The number of carbonyl (C=O) groups excluding carboxylic acids is 1. The first-order chi connectivity index (χ1) is 11.1. The van der Waals surface area contributed by atoms with Crippen LogP contribution in [0.5, 0.6) is 0 Å². The molecule has 0 spiro atoms. The number of sulfone groups is 1. The van der Waals surface area contributed by atoms with E-state index in [1.807, 2.05) is 0 Å². The maximum Gasteiger partial charge on any atom is 0.261 e. The summed E-state index contributed by atoms with van der Waals surface area (Å²) in [4.78, 5) is 10.9. The van der Waals surface area contributed by atoms with Gasteiger partial charge in [-0.05, 0) is 48.5 Å². The Morgan fingerprint density at radius 1 is 0.792 bits per heavy atom. The second kappa shape index (κ2) is 6.62. The zero-order valence-corrected chi connectivity index (χ0v) is 14.6. The molecule has 2 aromatic rings. The molecule has 0 bridgehead atoms. The molecule has 9 heteroatoms. The first-order valence-corrected chi connectivity index (χ1v) is 10.2. The Morgan fingerprint density at radius 2 is 1.25 bits per heavy atom. The van der Waals surface area contributed by atoms with Crippen LogP contribution in [0.15, 0.2) is 58.3 Å². The smallest absolute Gasteiger partial charge is 0.261 e. The van der Waals surface area contributed by atoms with Crippen molar-refractivity contribution in [3.63, 3.8) is 0 Å². The van der Waals surface area contributed by atoms with Gasteiger partial charge in [0, 0.05) is 24.6 Å². The van der Waals surface area contributed by atoms with Gasteiger partial charge in [-0.15, -0.1) is 0 Å². The van der Waals surface area contributed by atoms with Crippen molar-refractivity contribution >= 4 is 37.1 Å². The van der Waals surface area contributed by atoms with Crippen molar-refractivity contribution in [1.29, 1.82) is 0 Å². The summed E-state index contributed by atoms with van der Waals surface area (Å²) in [5, 5.41) is 2.57. The number of carbonyl (C=O) groups is 1. The molecule has 0 fully saturated rings. The highest BCUT2D eigenvalue weighted by Crippen LogP contribution is 2.20. The molecular weight excluding hydrogens is 352 g/mol. The van der Waals surface area contributed by atoms with Gasteiger partial charge >= 0.3 is 0 Å². The van der Waals surface area contributed by atoms with Gasteiger partial charge in [0.15, 0.2) is 9.84 Å². The first-order valence-electron chi connectivity index (χ1n) is 6.78. The van der Waals surface area contributed by atoms with Crippen molar-refractivity contribution in [2.45, 2.75) is 16.7 Å². The zero-order valence-electron chi connectivity index (χ0n) is 13.0. The average Bonchev–Trinajstić information content (AvgIpc) is 2.48. The number of sulfonamides is 1. The fourth-order valence-electron chi connectivity index (χ4n) is 1.90. The average molecular weight is 368 g/mol. The molecule has 7 nitrogen and oxygen atoms in total. The number of rotatable bonds is 5.